The van der Waals surface area contributed by atoms with Gasteiger partial charge in [0.1, 0.15) is 0 Å². The van der Waals surface area contributed by atoms with E-state index in [0.717, 1.165) is 43.0 Å². The lowest BCUT2D eigenvalue weighted by molar-refractivity contribution is 0.0212. The van der Waals surface area contributed by atoms with Crippen LogP contribution in [0.3, 0.4) is 0 Å². The Balaban J connectivity index is 0.00000120. The monoisotopic (exact) mass is 271 g/mol. The zero-order chi connectivity index (χ0) is 11.5. The van der Waals surface area contributed by atoms with Gasteiger partial charge in [-0.05, 0) is 43.6 Å². The van der Waals surface area contributed by atoms with Crippen LogP contribution >= 0.6 is 12.4 Å². The van der Waals surface area contributed by atoms with Crippen molar-refractivity contribution in [1.82, 2.24) is 5.32 Å². The van der Waals surface area contributed by atoms with Crippen molar-refractivity contribution in [3.8, 4) is 11.5 Å². The average molecular weight is 272 g/mol. The molecule has 0 atom stereocenters. The Morgan fingerprint density at radius 3 is 2.78 bits per heavy atom. The molecular formula is C13H18ClNO3. The van der Waals surface area contributed by atoms with E-state index in [2.05, 4.69) is 5.32 Å². The van der Waals surface area contributed by atoms with E-state index in [1.807, 2.05) is 18.2 Å². The van der Waals surface area contributed by atoms with E-state index < -0.39 is 0 Å². The maximum Gasteiger partial charge on any atom is 0.231 e. The van der Waals surface area contributed by atoms with Gasteiger partial charge in [-0.15, -0.1) is 12.4 Å². The van der Waals surface area contributed by atoms with Crippen molar-refractivity contribution in [2.75, 3.05) is 19.9 Å². The molecule has 0 aliphatic carbocycles. The van der Waals surface area contributed by atoms with Gasteiger partial charge in [0, 0.05) is 0 Å². The summed E-state index contributed by atoms with van der Waals surface area (Å²) in [5, 5.41) is 3.33. The zero-order valence-electron chi connectivity index (χ0n) is 10.2. The summed E-state index contributed by atoms with van der Waals surface area (Å²) in [6, 6.07) is 5.99. The molecule has 0 bridgehead atoms. The molecule has 0 amide bonds. The average Bonchev–Trinajstić information content (AvgIpc) is 2.85. The molecule has 0 spiro atoms. The van der Waals surface area contributed by atoms with Crippen LogP contribution in [0.1, 0.15) is 18.4 Å². The normalized spacial score (nSPS) is 18.4. The van der Waals surface area contributed by atoms with Crippen molar-refractivity contribution in [2.45, 2.75) is 25.6 Å². The van der Waals surface area contributed by atoms with Crippen LogP contribution in [0.15, 0.2) is 18.2 Å². The molecule has 2 heterocycles. The van der Waals surface area contributed by atoms with Gasteiger partial charge < -0.3 is 19.5 Å². The van der Waals surface area contributed by atoms with E-state index in [1.165, 1.54) is 0 Å². The van der Waals surface area contributed by atoms with E-state index in [4.69, 9.17) is 14.2 Å². The lowest BCUT2D eigenvalue weighted by atomic mass is 10.1. The van der Waals surface area contributed by atoms with Gasteiger partial charge in [0.05, 0.1) is 12.7 Å². The highest BCUT2D eigenvalue weighted by molar-refractivity contribution is 5.85. The van der Waals surface area contributed by atoms with E-state index in [9.17, 15) is 0 Å². The Morgan fingerprint density at radius 1 is 1.17 bits per heavy atom. The number of halogens is 1. The van der Waals surface area contributed by atoms with Crippen molar-refractivity contribution in [1.29, 1.82) is 0 Å². The molecule has 3 rings (SSSR count). The van der Waals surface area contributed by atoms with Gasteiger partial charge in [0.15, 0.2) is 11.5 Å². The molecule has 0 saturated carbocycles. The molecule has 18 heavy (non-hydrogen) atoms. The predicted molar refractivity (Wildman–Crippen MR) is 70.5 cm³/mol. The quantitative estimate of drug-likeness (QED) is 0.914. The highest BCUT2D eigenvalue weighted by atomic mass is 35.5. The van der Waals surface area contributed by atoms with Gasteiger partial charge in [-0.25, -0.2) is 0 Å². The second-order valence-electron chi connectivity index (χ2n) is 4.45. The highest BCUT2D eigenvalue weighted by Gasteiger charge is 2.15. The summed E-state index contributed by atoms with van der Waals surface area (Å²) in [6.45, 7) is 3.10. The van der Waals surface area contributed by atoms with Crippen LogP contribution in [0.5, 0.6) is 11.5 Å². The second-order valence-corrected chi connectivity index (χ2v) is 4.45. The molecule has 2 aliphatic rings. The molecule has 1 aromatic carbocycles. The Kier molecular flexibility index (Phi) is 4.69. The highest BCUT2D eigenvalue weighted by Crippen LogP contribution is 2.32. The molecule has 0 unspecified atom stereocenters. The molecule has 100 valence electrons. The minimum absolute atomic E-state index is 0. The molecule has 1 fully saturated rings. The number of benzene rings is 1. The number of piperidine rings is 1. The first-order chi connectivity index (χ1) is 8.42. The molecular weight excluding hydrogens is 254 g/mol. The molecule has 4 nitrogen and oxygen atoms in total. The topological polar surface area (TPSA) is 39.7 Å². The Labute approximate surface area is 113 Å². The lowest BCUT2D eigenvalue weighted by Crippen LogP contribution is -2.32. The Hall–Kier alpha value is -0.970. The van der Waals surface area contributed by atoms with Crippen LogP contribution < -0.4 is 14.8 Å². The van der Waals surface area contributed by atoms with Crippen molar-refractivity contribution in [3.05, 3.63) is 23.8 Å². The van der Waals surface area contributed by atoms with Gasteiger partial charge in [-0.2, -0.15) is 0 Å². The number of fused-ring (bicyclic) bond motifs is 1. The summed E-state index contributed by atoms with van der Waals surface area (Å²) in [5.74, 6) is 1.66. The number of rotatable bonds is 3. The van der Waals surface area contributed by atoms with Crippen molar-refractivity contribution in [3.63, 3.8) is 0 Å². The molecule has 5 heteroatoms. The third-order valence-corrected chi connectivity index (χ3v) is 3.21. The molecule has 1 aromatic rings. The summed E-state index contributed by atoms with van der Waals surface area (Å²) in [6.07, 6.45) is 2.59. The fraction of sp³-hybridized carbons (Fsp3) is 0.538. The van der Waals surface area contributed by atoms with Crippen LogP contribution in [0.2, 0.25) is 0 Å². The fourth-order valence-electron chi connectivity index (χ4n) is 2.21. The first-order valence-corrected chi connectivity index (χ1v) is 6.13. The zero-order valence-corrected chi connectivity index (χ0v) is 11.0. The second kappa shape index (κ2) is 6.27. The van der Waals surface area contributed by atoms with Crippen molar-refractivity contribution >= 4 is 12.4 Å². The summed E-state index contributed by atoms with van der Waals surface area (Å²) >= 11 is 0. The van der Waals surface area contributed by atoms with Crippen LogP contribution in [0.25, 0.3) is 0 Å². The molecule has 2 aliphatic heterocycles. The fourth-order valence-corrected chi connectivity index (χ4v) is 2.21. The summed E-state index contributed by atoms with van der Waals surface area (Å²) < 4.78 is 16.5. The molecule has 0 aromatic heterocycles. The maximum absolute atomic E-state index is 5.89. The number of nitrogens with one attached hydrogen (secondary N) is 1. The first kappa shape index (κ1) is 13.5. The minimum atomic E-state index is 0. The number of hydrogen-bond acceptors (Lipinski definition) is 4. The smallest absolute Gasteiger partial charge is 0.231 e. The van der Waals surface area contributed by atoms with Crippen LogP contribution in [0.4, 0.5) is 0 Å². The van der Waals surface area contributed by atoms with Gasteiger partial charge in [0.2, 0.25) is 6.79 Å². The van der Waals surface area contributed by atoms with Crippen LogP contribution in [-0.4, -0.2) is 26.0 Å². The summed E-state index contributed by atoms with van der Waals surface area (Å²) in [7, 11) is 0. The molecule has 1 saturated heterocycles. The van der Waals surface area contributed by atoms with E-state index in [-0.39, 0.29) is 12.4 Å². The lowest BCUT2D eigenvalue weighted by Gasteiger charge is -2.22. The van der Waals surface area contributed by atoms with Gasteiger partial charge in [-0.3, -0.25) is 0 Å². The predicted octanol–water partition coefficient (Wildman–Crippen LogP) is 2.11. The molecule has 1 N–H and O–H groups in total. The third-order valence-electron chi connectivity index (χ3n) is 3.21. The molecule has 0 radical (unpaired) electrons. The largest absolute Gasteiger partial charge is 0.454 e. The number of hydrogen-bond donors (Lipinski definition) is 1. The van der Waals surface area contributed by atoms with Gasteiger partial charge in [-0.1, -0.05) is 6.07 Å². The standard InChI is InChI=1S/C13H17NO3.ClH/c1-2-12-13(17-9-16-12)7-10(1)8-15-11-3-5-14-6-4-11;/h1-2,7,11,14H,3-6,8-9H2;1H. The van der Waals surface area contributed by atoms with Crippen molar-refractivity contribution < 1.29 is 14.2 Å². The van der Waals surface area contributed by atoms with Gasteiger partial charge in [0.25, 0.3) is 0 Å². The third kappa shape index (κ3) is 3.07. The minimum Gasteiger partial charge on any atom is -0.454 e. The summed E-state index contributed by atoms with van der Waals surface area (Å²) in [4.78, 5) is 0. The van der Waals surface area contributed by atoms with E-state index >= 15 is 0 Å². The van der Waals surface area contributed by atoms with Crippen LogP contribution in [-0.2, 0) is 11.3 Å². The van der Waals surface area contributed by atoms with E-state index in [0.29, 0.717) is 19.5 Å². The van der Waals surface area contributed by atoms with E-state index in [1.54, 1.807) is 0 Å². The Morgan fingerprint density at radius 2 is 1.94 bits per heavy atom. The summed E-state index contributed by atoms with van der Waals surface area (Å²) in [5.41, 5.74) is 1.15. The SMILES string of the molecule is Cl.c1cc2c(cc1COC1CCNCC1)OCO2. The van der Waals surface area contributed by atoms with Crippen molar-refractivity contribution in [2.24, 2.45) is 0 Å². The first-order valence-electron chi connectivity index (χ1n) is 6.13. The Bertz CT molecular complexity index is 394. The van der Waals surface area contributed by atoms with Crippen LogP contribution in [0, 0.1) is 0 Å². The van der Waals surface area contributed by atoms with Gasteiger partial charge >= 0.3 is 0 Å². The number of ether oxygens (including phenoxy) is 3. The maximum atomic E-state index is 5.89.